The van der Waals surface area contributed by atoms with Gasteiger partial charge in [-0.05, 0) is 42.5 Å². The van der Waals surface area contributed by atoms with Crippen LogP contribution in [0.15, 0.2) is 54.7 Å². The van der Waals surface area contributed by atoms with Crippen LogP contribution in [0, 0.1) is 0 Å². The lowest BCUT2D eigenvalue weighted by atomic mass is 9.92. The van der Waals surface area contributed by atoms with E-state index in [1.54, 1.807) is 14.2 Å². The molecule has 0 saturated carbocycles. The fraction of sp³-hybridized carbons (Fsp3) is 0.333. The van der Waals surface area contributed by atoms with Crippen molar-refractivity contribution in [2.75, 3.05) is 27.3 Å². The number of piperidine rings is 1. The quantitative estimate of drug-likeness (QED) is 0.655. The van der Waals surface area contributed by atoms with E-state index in [0.717, 1.165) is 54.1 Å². The smallest absolute Gasteiger partial charge is 0.227 e. The molecular weight excluding hydrogens is 364 g/mol. The van der Waals surface area contributed by atoms with Crippen molar-refractivity contribution < 1.29 is 14.3 Å². The molecule has 0 radical (unpaired) electrons. The zero-order valence-electron chi connectivity index (χ0n) is 16.9. The highest BCUT2D eigenvalue weighted by molar-refractivity contribution is 5.82. The summed E-state index contributed by atoms with van der Waals surface area (Å²) in [5.41, 5.74) is 1.99. The molecule has 5 heteroatoms. The maximum atomic E-state index is 12.9. The number of ether oxygens (including phenoxy) is 2. The summed E-state index contributed by atoms with van der Waals surface area (Å²) >= 11 is 0. The van der Waals surface area contributed by atoms with Crippen molar-refractivity contribution in [2.24, 2.45) is 0 Å². The molecule has 0 N–H and O–H groups in total. The van der Waals surface area contributed by atoms with E-state index in [1.807, 2.05) is 35.4 Å². The number of methoxy groups -OCH3 is 2. The number of pyridine rings is 1. The first-order valence-corrected chi connectivity index (χ1v) is 10.0. The average molecular weight is 390 g/mol. The van der Waals surface area contributed by atoms with Crippen LogP contribution in [0.5, 0.6) is 11.5 Å². The van der Waals surface area contributed by atoms with Gasteiger partial charge < -0.3 is 14.4 Å². The summed E-state index contributed by atoms with van der Waals surface area (Å²) in [7, 11) is 3.25. The Balaban J connectivity index is 1.40. The Bertz CT molecular complexity index is 1010. The first kappa shape index (κ1) is 19.2. The molecule has 1 aromatic heterocycles. The minimum Gasteiger partial charge on any atom is -0.497 e. The minimum atomic E-state index is 0.126. The van der Waals surface area contributed by atoms with E-state index >= 15 is 0 Å². The highest BCUT2D eigenvalue weighted by Gasteiger charge is 2.25. The molecule has 0 atom stereocenters. The molecule has 5 nitrogen and oxygen atoms in total. The van der Waals surface area contributed by atoms with Gasteiger partial charge in [-0.3, -0.25) is 9.78 Å². The molecule has 2 heterocycles. The molecule has 0 spiro atoms. The Kier molecular flexibility index (Phi) is 5.65. The van der Waals surface area contributed by atoms with Crippen LogP contribution in [0.1, 0.15) is 30.0 Å². The lowest BCUT2D eigenvalue weighted by Crippen LogP contribution is -2.39. The lowest BCUT2D eigenvalue weighted by molar-refractivity contribution is -0.131. The lowest BCUT2D eigenvalue weighted by Gasteiger charge is -2.32. The Morgan fingerprint density at radius 2 is 1.79 bits per heavy atom. The molecule has 3 aromatic rings. The third kappa shape index (κ3) is 4.19. The monoisotopic (exact) mass is 390 g/mol. The van der Waals surface area contributed by atoms with Crippen LogP contribution in [-0.2, 0) is 11.2 Å². The number of amides is 1. The third-order valence-electron chi connectivity index (χ3n) is 5.75. The topological polar surface area (TPSA) is 51.7 Å². The Labute approximate surface area is 171 Å². The molecule has 1 fully saturated rings. The van der Waals surface area contributed by atoms with E-state index in [4.69, 9.17) is 9.47 Å². The van der Waals surface area contributed by atoms with Gasteiger partial charge in [0.15, 0.2) is 0 Å². The number of carbonyl (C=O) groups excluding carboxylic acids is 1. The molecular formula is C24H26N2O3. The van der Waals surface area contributed by atoms with Gasteiger partial charge in [0, 0.05) is 41.8 Å². The van der Waals surface area contributed by atoms with E-state index in [0.29, 0.717) is 12.3 Å². The highest BCUT2D eigenvalue weighted by Crippen LogP contribution is 2.30. The highest BCUT2D eigenvalue weighted by atomic mass is 16.5. The fourth-order valence-electron chi connectivity index (χ4n) is 4.04. The predicted octanol–water partition coefficient (Wildman–Crippen LogP) is 4.20. The van der Waals surface area contributed by atoms with Crippen molar-refractivity contribution >= 4 is 16.7 Å². The predicted molar refractivity (Wildman–Crippen MR) is 114 cm³/mol. The second-order valence-electron chi connectivity index (χ2n) is 7.47. The molecule has 150 valence electrons. The van der Waals surface area contributed by atoms with Crippen LogP contribution in [0.4, 0.5) is 0 Å². The van der Waals surface area contributed by atoms with E-state index < -0.39 is 0 Å². The van der Waals surface area contributed by atoms with Crippen molar-refractivity contribution in [3.05, 3.63) is 66.0 Å². The molecule has 0 unspecified atom stereocenters. The summed E-state index contributed by atoms with van der Waals surface area (Å²) in [4.78, 5) is 19.5. The zero-order valence-corrected chi connectivity index (χ0v) is 16.9. The molecule has 1 amide bonds. The molecule has 2 aromatic carbocycles. The summed E-state index contributed by atoms with van der Waals surface area (Å²) in [5, 5.41) is 2.39. The molecule has 1 saturated heterocycles. The first-order chi connectivity index (χ1) is 14.2. The van der Waals surface area contributed by atoms with E-state index in [1.165, 1.54) is 5.39 Å². The maximum Gasteiger partial charge on any atom is 0.227 e. The van der Waals surface area contributed by atoms with Crippen LogP contribution in [0.3, 0.4) is 0 Å². The van der Waals surface area contributed by atoms with Gasteiger partial charge in [-0.15, -0.1) is 0 Å². The fourth-order valence-corrected chi connectivity index (χ4v) is 4.04. The summed E-state index contributed by atoms with van der Waals surface area (Å²) < 4.78 is 10.7. The molecule has 0 bridgehead atoms. The second kappa shape index (κ2) is 8.52. The van der Waals surface area contributed by atoms with Crippen molar-refractivity contribution in [3.8, 4) is 11.5 Å². The second-order valence-corrected chi connectivity index (χ2v) is 7.47. The van der Waals surface area contributed by atoms with Crippen LogP contribution >= 0.6 is 0 Å². The van der Waals surface area contributed by atoms with Crippen molar-refractivity contribution in [2.45, 2.75) is 25.2 Å². The van der Waals surface area contributed by atoms with Crippen molar-refractivity contribution in [1.29, 1.82) is 0 Å². The Morgan fingerprint density at radius 3 is 2.52 bits per heavy atom. The molecule has 29 heavy (non-hydrogen) atoms. The SMILES string of the molecule is COc1ccc(OC)c(CC(=O)N2CCC(c3cc4ccccc4cn3)CC2)c1. The van der Waals surface area contributed by atoms with Gasteiger partial charge in [0.25, 0.3) is 0 Å². The average Bonchev–Trinajstić information content (AvgIpc) is 2.78. The third-order valence-corrected chi connectivity index (χ3v) is 5.75. The van der Waals surface area contributed by atoms with Gasteiger partial charge in [-0.1, -0.05) is 24.3 Å². The molecule has 0 aliphatic carbocycles. The van der Waals surface area contributed by atoms with Gasteiger partial charge in [-0.2, -0.15) is 0 Å². The number of nitrogens with zero attached hydrogens (tertiary/aromatic N) is 2. The van der Waals surface area contributed by atoms with Gasteiger partial charge in [0.05, 0.1) is 20.6 Å². The first-order valence-electron chi connectivity index (χ1n) is 10.0. The van der Waals surface area contributed by atoms with E-state index in [-0.39, 0.29) is 5.91 Å². The Morgan fingerprint density at radius 1 is 1.03 bits per heavy atom. The van der Waals surface area contributed by atoms with Crippen LogP contribution in [-0.4, -0.2) is 43.1 Å². The largest absolute Gasteiger partial charge is 0.497 e. The minimum absolute atomic E-state index is 0.126. The number of carbonyl (C=O) groups is 1. The number of benzene rings is 2. The Hall–Kier alpha value is -3.08. The number of likely N-dealkylation sites (tertiary alicyclic amines) is 1. The molecule has 1 aliphatic heterocycles. The normalized spacial score (nSPS) is 14.8. The summed E-state index contributed by atoms with van der Waals surface area (Å²) in [6.45, 7) is 1.51. The van der Waals surface area contributed by atoms with E-state index in [2.05, 4.69) is 29.2 Å². The number of hydrogen-bond donors (Lipinski definition) is 0. The van der Waals surface area contributed by atoms with Gasteiger partial charge >= 0.3 is 0 Å². The van der Waals surface area contributed by atoms with Crippen LogP contribution in [0.25, 0.3) is 10.8 Å². The standard InChI is InChI=1S/C24H26N2O3/c1-28-21-7-8-23(29-2)20(13-21)15-24(27)26-11-9-17(10-12-26)22-14-18-5-3-4-6-19(18)16-25-22/h3-8,13-14,16-17H,9-12,15H2,1-2H3. The number of hydrogen-bond acceptors (Lipinski definition) is 4. The molecule has 1 aliphatic rings. The maximum absolute atomic E-state index is 12.9. The number of rotatable bonds is 5. The molecule has 4 rings (SSSR count). The number of aromatic nitrogens is 1. The van der Waals surface area contributed by atoms with Crippen LogP contribution in [0.2, 0.25) is 0 Å². The van der Waals surface area contributed by atoms with Crippen LogP contribution < -0.4 is 9.47 Å². The van der Waals surface area contributed by atoms with Crippen molar-refractivity contribution in [1.82, 2.24) is 9.88 Å². The van der Waals surface area contributed by atoms with Gasteiger partial charge in [0.2, 0.25) is 5.91 Å². The van der Waals surface area contributed by atoms with Gasteiger partial charge in [-0.25, -0.2) is 0 Å². The summed E-state index contributed by atoms with van der Waals surface area (Å²) in [6.07, 6.45) is 4.15. The number of fused-ring (bicyclic) bond motifs is 1. The van der Waals surface area contributed by atoms with E-state index in [9.17, 15) is 4.79 Å². The van der Waals surface area contributed by atoms with Crippen molar-refractivity contribution in [3.63, 3.8) is 0 Å². The zero-order chi connectivity index (χ0) is 20.2. The summed E-state index contributed by atoms with van der Waals surface area (Å²) in [6, 6.07) is 16.1. The summed E-state index contributed by atoms with van der Waals surface area (Å²) in [5.74, 6) is 1.97. The van der Waals surface area contributed by atoms with Gasteiger partial charge in [0.1, 0.15) is 11.5 Å².